The lowest BCUT2D eigenvalue weighted by atomic mass is 9.33. The van der Waals surface area contributed by atoms with Crippen LogP contribution in [0.1, 0.15) is 119 Å². The zero-order valence-electron chi connectivity index (χ0n) is 36.5. The molecule has 1 N–H and O–H groups in total. The minimum atomic E-state index is -2.86. The Hall–Kier alpha value is -1.22. The van der Waals surface area contributed by atoms with Crippen LogP contribution in [0.5, 0.6) is 0 Å². The quantitative estimate of drug-likeness (QED) is 0.135. The molecule has 4 saturated carbocycles. The number of hydrogen-bond donors (Lipinski definition) is 1. The minimum absolute atomic E-state index is 0.0128. The first-order valence-corrected chi connectivity index (χ1v) is 28.1. The number of esters is 1. The van der Waals surface area contributed by atoms with Gasteiger partial charge in [0.2, 0.25) is 0 Å². The normalized spacial score (nSPS) is 42.5. The molecule has 0 amide bonds. The molecular weight excluding hydrogens is 717 g/mol. The van der Waals surface area contributed by atoms with Crippen molar-refractivity contribution in [3.63, 3.8) is 0 Å². The highest BCUT2D eigenvalue weighted by molar-refractivity contribution is 7.91. The number of nitrogens with zero attached hydrogens (tertiary/aromatic N) is 1. The minimum Gasteiger partial charge on any atom is -0.466 e. The number of allylic oxidation sites excluding steroid dienone is 5. The molecule has 0 aromatic carbocycles. The van der Waals surface area contributed by atoms with E-state index in [4.69, 9.17) is 4.74 Å². The largest absolute Gasteiger partial charge is 0.466 e. The molecule has 5 fully saturated rings. The van der Waals surface area contributed by atoms with Crippen molar-refractivity contribution in [2.75, 3.05) is 44.3 Å². The van der Waals surface area contributed by atoms with Crippen molar-refractivity contribution in [2.45, 2.75) is 150 Å². The Morgan fingerprint density at radius 1 is 0.927 bits per heavy atom. The number of ether oxygens (including phenoxy) is 1. The van der Waals surface area contributed by atoms with Crippen molar-refractivity contribution in [1.29, 1.82) is 0 Å². The van der Waals surface area contributed by atoms with Gasteiger partial charge in [-0.15, -0.1) is 0 Å². The molecular formula is C47H78N2O4SSi. The molecule has 10 atom stereocenters. The zero-order valence-corrected chi connectivity index (χ0v) is 38.3. The SMILES string of the molecule is C=C(C)[C@@H]1CC[C@]2(NCCN3CCS(=O)(=O)CC3)CC[C@]3(C)[C@H](CC[C@@H]4[C@@]5(C)CC=C(C6=CCC(C(=O)OCC[Si](C)(C)C)CC6)C(C)(C)[C@@H]5CC[C@]43C)[C@@H]12. The van der Waals surface area contributed by atoms with Gasteiger partial charge in [-0.1, -0.05) is 78.6 Å². The van der Waals surface area contributed by atoms with E-state index in [1.54, 1.807) is 5.57 Å². The number of hydrogen-bond acceptors (Lipinski definition) is 6. The summed E-state index contributed by atoms with van der Waals surface area (Å²) in [7, 11) is -4.07. The van der Waals surface area contributed by atoms with Crippen LogP contribution in [0.15, 0.2) is 35.5 Å². The van der Waals surface area contributed by atoms with Crippen LogP contribution in [-0.4, -0.2) is 77.2 Å². The molecule has 0 bridgehead atoms. The number of fused-ring (bicyclic) bond motifs is 7. The fraction of sp³-hybridized carbons (Fsp3) is 0.851. The number of sulfone groups is 1. The predicted octanol–water partition coefficient (Wildman–Crippen LogP) is 9.86. The molecule has 0 radical (unpaired) electrons. The molecule has 7 aliphatic rings. The van der Waals surface area contributed by atoms with E-state index in [-0.39, 0.29) is 28.3 Å². The molecule has 1 heterocycles. The van der Waals surface area contributed by atoms with Crippen LogP contribution in [-0.2, 0) is 19.4 Å². The van der Waals surface area contributed by atoms with E-state index in [2.05, 4.69) is 90.1 Å². The second-order valence-electron chi connectivity index (χ2n) is 22.5. The van der Waals surface area contributed by atoms with Crippen LogP contribution in [0.2, 0.25) is 25.7 Å². The van der Waals surface area contributed by atoms with Gasteiger partial charge in [-0.05, 0) is 152 Å². The van der Waals surface area contributed by atoms with Crippen molar-refractivity contribution < 1.29 is 17.9 Å². The number of carbonyl (C=O) groups excluding carboxylic acids is 1. The van der Waals surface area contributed by atoms with Crippen LogP contribution in [0.3, 0.4) is 0 Å². The summed E-state index contributed by atoms with van der Waals surface area (Å²) < 4.78 is 29.9. The highest BCUT2D eigenvalue weighted by Crippen LogP contribution is 2.76. The Kier molecular flexibility index (Phi) is 11.3. The molecule has 7 rings (SSSR count). The third-order valence-electron chi connectivity index (χ3n) is 18.2. The number of rotatable bonds is 10. The van der Waals surface area contributed by atoms with Crippen LogP contribution >= 0.6 is 0 Å². The number of nitrogens with one attached hydrogen (secondary N) is 1. The van der Waals surface area contributed by atoms with E-state index in [1.165, 1.54) is 68.9 Å². The third kappa shape index (κ3) is 7.38. The van der Waals surface area contributed by atoms with Crippen molar-refractivity contribution in [3.8, 4) is 0 Å². The molecule has 1 saturated heterocycles. The average Bonchev–Trinajstić information content (AvgIpc) is 3.49. The molecule has 1 aliphatic heterocycles. The van der Waals surface area contributed by atoms with Crippen molar-refractivity contribution >= 4 is 23.9 Å². The Balaban J connectivity index is 1.07. The first-order valence-electron chi connectivity index (χ1n) is 22.6. The van der Waals surface area contributed by atoms with Crippen LogP contribution in [0, 0.1) is 57.2 Å². The molecule has 55 heavy (non-hydrogen) atoms. The summed E-state index contributed by atoms with van der Waals surface area (Å²) in [6.07, 6.45) is 19.4. The Morgan fingerprint density at radius 3 is 2.31 bits per heavy atom. The van der Waals surface area contributed by atoms with Gasteiger partial charge in [0.25, 0.3) is 0 Å². The predicted molar refractivity (Wildman–Crippen MR) is 230 cm³/mol. The summed E-state index contributed by atoms with van der Waals surface area (Å²) in [5, 5.41) is 4.24. The molecule has 6 nitrogen and oxygen atoms in total. The van der Waals surface area contributed by atoms with Crippen molar-refractivity contribution in [2.24, 2.45) is 57.2 Å². The summed E-state index contributed by atoms with van der Waals surface area (Å²) >= 11 is 0. The summed E-state index contributed by atoms with van der Waals surface area (Å²) in [4.78, 5) is 15.4. The van der Waals surface area contributed by atoms with E-state index in [0.29, 0.717) is 71.6 Å². The van der Waals surface area contributed by atoms with Gasteiger partial charge < -0.3 is 15.0 Å². The number of carbonyl (C=O) groups is 1. The van der Waals surface area contributed by atoms with E-state index in [1.807, 2.05) is 0 Å². The molecule has 1 unspecified atom stereocenters. The first-order chi connectivity index (χ1) is 25.7. The summed E-state index contributed by atoms with van der Waals surface area (Å²) in [5.74, 6) is 3.93. The molecule has 6 aliphatic carbocycles. The third-order valence-corrected chi connectivity index (χ3v) is 21.5. The monoisotopic (exact) mass is 795 g/mol. The van der Waals surface area contributed by atoms with Gasteiger partial charge in [0.15, 0.2) is 9.84 Å². The topological polar surface area (TPSA) is 75.7 Å². The maximum absolute atomic E-state index is 13.0. The van der Waals surface area contributed by atoms with Gasteiger partial charge in [0, 0.05) is 39.8 Å². The Morgan fingerprint density at radius 2 is 1.65 bits per heavy atom. The molecule has 0 aromatic rings. The van der Waals surface area contributed by atoms with Gasteiger partial charge in [0.05, 0.1) is 24.0 Å². The van der Waals surface area contributed by atoms with Crippen LogP contribution in [0.4, 0.5) is 0 Å². The van der Waals surface area contributed by atoms with E-state index in [0.717, 1.165) is 38.4 Å². The Labute approximate surface area is 337 Å². The average molecular weight is 795 g/mol. The second-order valence-corrected chi connectivity index (χ2v) is 30.4. The lowest BCUT2D eigenvalue weighted by molar-refractivity contribution is -0.221. The van der Waals surface area contributed by atoms with Gasteiger partial charge >= 0.3 is 5.97 Å². The fourth-order valence-electron chi connectivity index (χ4n) is 14.9. The van der Waals surface area contributed by atoms with Gasteiger partial charge in [-0.3, -0.25) is 4.79 Å². The van der Waals surface area contributed by atoms with E-state index < -0.39 is 17.9 Å². The van der Waals surface area contributed by atoms with Crippen molar-refractivity contribution in [1.82, 2.24) is 10.2 Å². The Bertz CT molecular complexity index is 1660. The van der Waals surface area contributed by atoms with Gasteiger partial charge in [0.1, 0.15) is 0 Å². The second kappa shape index (κ2) is 14.8. The summed E-state index contributed by atoms with van der Waals surface area (Å²) in [6.45, 7) is 31.1. The van der Waals surface area contributed by atoms with Crippen LogP contribution < -0.4 is 5.32 Å². The van der Waals surface area contributed by atoms with Gasteiger partial charge in [-0.25, -0.2) is 8.42 Å². The maximum Gasteiger partial charge on any atom is 0.309 e. The fourth-order valence-corrected chi connectivity index (χ4v) is 16.9. The molecule has 8 heteroatoms. The summed E-state index contributed by atoms with van der Waals surface area (Å²) in [6, 6.07) is 1.04. The first kappa shape index (κ1) is 41.9. The molecule has 310 valence electrons. The highest BCUT2D eigenvalue weighted by atomic mass is 32.2. The van der Waals surface area contributed by atoms with Gasteiger partial charge in [-0.2, -0.15) is 0 Å². The van der Waals surface area contributed by atoms with Crippen LogP contribution in [0.25, 0.3) is 0 Å². The lowest BCUT2D eigenvalue weighted by Gasteiger charge is -2.72. The highest BCUT2D eigenvalue weighted by Gasteiger charge is 2.70. The molecule has 0 aromatic heterocycles. The van der Waals surface area contributed by atoms with Crippen molar-refractivity contribution in [3.05, 3.63) is 35.5 Å². The smallest absolute Gasteiger partial charge is 0.309 e. The summed E-state index contributed by atoms with van der Waals surface area (Å²) in [5.41, 5.74) is 5.65. The zero-order chi connectivity index (χ0) is 39.8. The van der Waals surface area contributed by atoms with E-state index >= 15 is 0 Å². The standard InChI is InChI=1S/C47H78N2O4SSi/c1-33(2)36-17-22-47(48-25-26-49-27-30-54(51,52)31-28-49)24-23-45(6)38(41(36)47)15-16-40-44(5)20-18-37(43(3,4)39(44)19-21-46(40,45)7)34-11-13-35(14-12-34)42(50)53-29-32-55(8,9)10/h11,18,35-36,38-41,48H,1,12-17,19-32H2,2-10H3/t35?,36-,38+,39-,40+,41+,44-,45+,46+,47-/m0/s1. The van der Waals surface area contributed by atoms with E-state index in [9.17, 15) is 13.2 Å². The molecule has 0 spiro atoms. The maximum atomic E-state index is 13.0. The lowest BCUT2D eigenvalue weighted by Crippen LogP contribution is -2.68.